The van der Waals surface area contributed by atoms with E-state index in [2.05, 4.69) is 33.7 Å². The minimum Gasteiger partial charge on any atom is -0.333 e. The van der Waals surface area contributed by atoms with Crippen molar-refractivity contribution in [3.05, 3.63) is 48.3 Å². The number of hydrogen-bond acceptors (Lipinski definition) is 3. The van der Waals surface area contributed by atoms with Crippen molar-refractivity contribution in [2.75, 3.05) is 6.54 Å². The Bertz CT molecular complexity index is 464. The summed E-state index contributed by atoms with van der Waals surface area (Å²) < 4.78 is 2.20. The van der Waals surface area contributed by atoms with Crippen LogP contribution < -0.4 is 5.32 Å². The number of imidazole rings is 1. The molecule has 0 radical (unpaired) electrons. The van der Waals surface area contributed by atoms with Gasteiger partial charge in [-0.1, -0.05) is 19.9 Å². The first kappa shape index (κ1) is 12.8. The highest BCUT2D eigenvalue weighted by atomic mass is 15.1. The summed E-state index contributed by atoms with van der Waals surface area (Å²) in [4.78, 5) is 8.93. The Balaban J connectivity index is 2.32. The highest BCUT2D eigenvalue weighted by molar-refractivity contribution is 5.18. The SMILES string of the molecule is CCCn1ccnc1C(NCC)c1ccccn1. The molecular formula is C14H20N4. The molecule has 0 amide bonds. The molecule has 0 spiro atoms. The van der Waals surface area contributed by atoms with Crippen molar-refractivity contribution < 1.29 is 0 Å². The second kappa shape index (κ2) is 6.31. The van der Waals surface area contributed by atoms with Crippen LogP contribution in [0.25, 0.3) is 0 Å². The molecule has 0 aliphatic rings. The summed E-state index contributed by atoms with van der Waals surface area (Å²) in [5.74, 6) is 1.04. The van der Waals surface area contributed by atoms with Gasteiger partial charge in [-0.05, 0) is 25.1 Å². The van der Waals surface area contributed by atoms with Gasteiger partial charge in [0.1, 0.15) is 11.9 Å². The van der Waals surface area contributed by atoms with Gasteiger partial charge in [0.05, 0.1) is 5.69 Å². The zero-order valence-electron chi connectivity index (χ0n) is 11.0. The van der Waals surface area contributed by atoms with Gasteiger partial charge >= 0.3 is 0 Å². The van der Waals surface area contributed by atoms with E-state index in [1.807, 2.05) is 36.8 Å². The molecule has 0 bridgehead atoms. The molecule has 0 aliphatic carbocycles. The van der Waals surface area contributed by atoms with Gasteiger partial charge in [0.15, 0.2) is 0 Å². The quantitative estimate of drug-likeness (QED) is 0.848. The average Bonchev–Trinajstić information content (AvgIpc) is 2.85. The van der Waals surface area contributed by atoms with Crippen molar-refractivity contribution in [1.29, 1.82) is 0 Å². The Hall–Kier alpha value is -1.68. The molecule has 1 N–H and O–H groups in total. The zero-order valence-corrected chi connectivity index (χ0v) is 11.0. The highest BCUT2D eigenvalue weighted by Gasteiger charge is 2.18. The third-order valence-electron chi connectivity index (χ3n) is 2.86. The third kappa shape index (κ3) is 2.76. The van der Waals surface area contributed by atoms with E-state index in [4.69, 9.17) is 0 Å². The van der Waals surface area contributed by atoms with Crippen molar-refractivity contribution in [3.63, 3.8) is 0 Å². The van der Waals surface area contributed by atoms with E-state index >= 15 is 0 Å². The molecule has 0 fully saturated rings. The van der Waals surface area contributed by atoms with Gasteiger partial charge in [-0.3, -0.25) is 4.98 Å². The van der Waals surface area contributed by atoms with E-state index in [9.17, 15) is 0 Å². The first-order valence-electron chi connectivity index (χ1n) is 6.52. The maximum atomic E-state index is 4.49. The first-order chi connectivity index (χ1) is 8.86. The van der Waals surface area contributed by atoms with Gasteiger partial charge in [-0.25, -0.2) is 4.98 Å². The molecule has 1 unspecified atom stereocenters. The number of nitrogens with one attached hydrogen (secondary N) is 1. The van der Waals surface area contributed by atoms with Crippen LogP contribution in [0.2, 0.25) is 0 Å². The molecule has 2 rings (SSSR count). The number of aryl methyl sites for hydroxylation is 1. The standard InChI is InChI=1S/C14H20N4/c1-3-10-18-11-9-17-14(18)13(15-4-2)12-7-5-6-8-16-12/h5-9,11,13,15H,3-4,10H2,1-2H3. The van der Waals surface area contributed by atoms with Crippen LogP contribution in [0, 0.1) is 0 Å². The minimum absolute atomic E-state index is 0.0674. The topological polar surface area (TPSA) is 42.7 Å². The van der Waals surface area contributed by atoms with E-state index in [0.717, 1.165) is 31.0 Å². The molecule has 96 valence electrons. The Kier molecular flexibility index (Phi) is 4.47. The van der Waals surface area contributed by atoms with Crippen LogP contribution in [0.1, 0.15) is 37.8 Å². The molecule has 1 atom stereocenters. The molecular weight excluding hydrogens is 224 g/mol. The molecule has 4 heteroatoms. The number of nitrogens with zero attached hydrogens (tertiary/aromatic N) is 3. The van der Waals surface area contributed by atoms with Crippen LogP contribution in [-0.4, -0.2) is 21.1 Å². The normalized spacial score (nSPS) is 12.6. The lowest BCUT2D eigenvalue weighted by Crippen LogP contribution is -2.26. The largest absolute Gasteiger partial charge is 0.333 e. The summed E-state index contributed by atoms with van der Waals surface area (Å²) in [6.45, 7) is 6.15. The van der Waals surface area contributed by atoms with Crippen molar-refractivity contribution in [3.8, 4) is 0 Å². The lowest BCUT2D eigenvalue weighted by Gasteiger charge is -2.18. The maximum absolute atomic E-state index is 4.49. The van der Waals surface area contributed by atoms with Crippen LogP contribution in [0.4, 0.5) is 0 Å². The molecule has 4 nitrogen and oxygen atoms in total. The lowest BCUT2D eigenvalue weighted by molar-refractivity contribution is 0.535. The van der Waals surface area contributed by atoms with Crippen molar-refractivity contribution in [2.24, 2.45) is 0 Å². The van der Waals surface area contributed by atoms with Gasteiger partial charge < -0.3 is 9.88 Å². The molecule has 2 heterocycles. The summed E-state index contributed by atoms with van der Waals surface area (Å²) in [6.07, 6.45) is 6.82. The Labute approximate surface area is 108 Å². The van der Waals surface area contributed by atoms with Gasteiger partial charge in [0.25, 0.3) is 0 Å². The van der Waals surface area contributed by atoms with Crippen LogP contribution in [-0.2, 0) is 6.54 Å². The zero-order chi connectivity index (χ0) is 12.8. The monoisotopic (exact) mass is 244 g/mol. The minimum atomic E-state index is 0.0674. The predicted octanol–water partition coefficient (Wildman–Crippen LogP) is 2.39. The van der Waals surface area contributed by atoms with Gasteiger partial charge in [-0.2, -0.15) is 0 Å². The van der Waals surface area contributed by atoms with Crippen LogP contribution >= 0.6 is 0 Å². The van der Waals surface area contributed by atoms with Crippen LogP contribution in [0.3, 0.4) is 0 Å². The highest BCUT2D eigenvalue weighted by Crippen LogP contribution is 2.18. The summed E-state index contributed by atoms with van der Waals surface area (Å²) in [7, 11) is 0. The van der Waals surface area contributed by atoms with Crippen LogP contribution in [0.15, 0.2) is 36.8 Å². The molecule has 0 saturated carbocycles. The number of hydrogen-bond donors (Lipinski definition) is 1. The predicted molar refractivity (Wildman–Crippen MR) is 72.3 cm³/mol. The fourth-order valence-electron chi connectivity index (χ4n) is 2.09. The number of rotatable bonds is 6. The molecule has 0 aromatic carbocycles. The van der Waals surface area contributed by atoms with Crippen molar-refractivity contribution >= 4 is 0 Å². The summed E-state index contributed by atoms with van der Waals surface area (Å²) in [5.41, 5.74) is 1.02. The molecule has 0 aliphatic heterocycles. The molecule has 2 aromatic heterocycles. The molecule has 18 heavy (non-hydrogen) atoms. The average molecular weight is 244 g/mol. The summed E-state index contributed by atoms with van der Waals surface area (Å²) >= 11 is 0. The fourth-order valence-corrected chi connectivity index (χ4v) is 2.09. The number of aromatic nitrogens is 3. The van der Waals surface area contributed by atoms with Crippen molar-refractivity contribution in [1.82, 2.24) is 19.9 Å². The smallest absolute Gasteiger partial charge is 0.132 e. The van der Waals surface area contributed by atoms with E-state index in [-0.39, 0.29) is 6.04 Å². The van der Waals surface area contributed by atoms with Gasteiger partial charge in [0.2, 0.25) is 0 Å². The van der Waals surface area contributed by atoms with Crippen molar-refractivity contribution in [2.45, 2.75) is 32.9 Å². The third-order valence-corrected chi connectivity index (χ3v) is 2.86. The first-order valence-corrected chi connectivity index (χ1v) is 6.52. The maximum Gasteiger partial charge on any atom is 0.132 e. The van der Waals surface area contributed by atoms with E-state index in [1.54, 1.807) is 0 Å². The van der Waals surface area contributed by atoms with E-state index in [1.165, 1.54) is 0 Å². The van der Waals surface area contributed by atoms with Crippen LogP contribution in [0.5, 0.6) is 0 Å². The molecule has 0 saturated heterocycles. The Morgan fingerprint density at radius 2 is 2.11 bits per heavy atom. The Morgan fingerprint density at radius 1 is 1.22 bits per heavy atom. The fraction of sp³-hybridized carbons (Fsp3) is 0.429. The molecule has 2 aromatic rings. The summed E-state index contributed by atoms with van der Waals surface area (Å²) in [5, 5.41) is 3.45. The lowest BCUT2D eigenvalue weighted by atomic mass is 10.1. The van der Waals surface area contributed by atoms with Gasteiger partial charge in [0, 0.05) is 25.1 Å². The van der Waals surface area contributed by atoms with Gasteiger partial charge in [-0.15, -0.1) is 0 Å². The second-order valence-electron chi connectivity index (χ2n) is 4.22. The second-order valence-corrected chi connectivity index (χ2v) is 4.22. The van der Waals surface area contributed by atoms with E-state index < -0.39 is 0 Å². The number of pyridine rings is 1. The Morgan fingerprint density at radius 3 is 2.78 bits per heavy atom. The summed E-state index contributed by atoms with van der Waals surface area (Å²) in [6, 6.07) is 6.06. The van der Waals surface area contributed by atoms with E-state index in [0.29, 0.717) is 0 Å².